The van der Waals surface area contributed by atoms with E-state index in [-0.39, 0.29) is 23.3 Å². The summed E-state index contributed by atoms with van der Waals surface area (Å²) in [6.07, 6.45) is 2.41. The van der Waals surface area contributed by atoms with Crippen molar-refractivity contribution in [3.63, 3.8) is 0 Å². The predicted octanol–water partition coefficient (Wildman–Crippen LogP) is 3.24. The van der Waals surface area contributed by atoms with Crippen LogP contribution in [-0.4, -0.2) is 66.1 Å². The third-order valence-electron chi connectivity index (χ3n) is 5.36. The van der Waals surface area contributed by atoms with Crippen molar-refractivity contribution in [3.05, 3.63) is 10.6 Å². The maximum Gasteiger partial charge on any atom is 0.323 e. The number of rotatable bonds is 2. The van der Waals surface area contributed by atoms with Crippen molar-refractivity contribution < 1.29 is 14.3 Å². The van der Waals surface area contributed by atoms with Gasteiger partial charge in [-0.1, -0.05) is 20.8 Å². The zero-order valence-electron chi connectivity index (χ0n) is 17.4. The third kappa shape index (κ3) is 5.03. The molecule has 0 aliphatic carbocycles. The Morgan fingerprint density at radius 3 is 2.39 bits per heavy atom. The Hall–Kier alpha value is -1.67. The molecule has 8 heteroatoms. The molecule has 156 valence electrons. The molecule has 2 aliphatic rings. The predicted molar refractivity (Wildman–Crippen MR) is 111 cm³/mol. The summed E-state index contributed by atoms with van der Waals surface area (Å²) in [5.41, 5.74) is 0.982. The largest absolute Gasteiger partial charge is 0.381 e. The minimum atomic E-state index is -0.130. The Kier molecular flexibility index (Phi) is 6.60. The summed E-state index contributed by atoms with van der Waals surface area (Å²) in [7, 11) is 0. The molecule has 7 nitrogen and oxygen atoms in total. The molecule has 0 aromatic carbocycles. The molecule has 1 N–H and O–H groups in total. The van der Waals surface area contributed by atoms with Crippen LogP contribution in [0.5, 0.6) is 0 Å². The Labute approximate surface area is 171 Å². The molecule has 0 bridgehead atoms. The first-order valence-corrected chi connectivity index (χ1v) is 11.0. The van der Waals surface area contributed by atoms with Gasteiger partial charge < -0.3 is 14.5 Å². The summed E-state index contributed by atoms with van der Waals surface area (Å²) in [5, 5.41) is 3.60. The molecule has 0 atom stereocenters. The van der Waals surface area contributed by atoms with Gasteiger partial charge in [0, 0.05) is 50.2 Å². The molecule has 3 heterocycles. The molecule has 0 unspecified atom stereocenters. The van der Waals surface area contributed by atoms with E-state index in [1.165, 1.54) is 4.88 Å². The lowest BCUT2D eigenvalue weighted by atomic mass is 9.94. The number of amides is 3. The topological polar surface area (TPSA) is 74.8 Å². The van der Waals surface area contributed by atoms with Crippen molar-refractivity contribution in [1.82, 2.24) is 14.8 Å². The average molecular weight is 409 g/mol. The lowest BCUT2D eigenvalue weighted by Crippen LogP contribution is -2.42. The second kappa shape index (κ2) is 8.78. The van der Waals surface area contributed by atoms with Gasteiger partial charge in [0.25, 0.3) is 0 Å². The first-order chi connectivity index (χ1) is 13.3. The Morgan fingerprint density at radius 1 is 1.11 bits per heavy atom. The monoisotopic (exact) mass is 408 g/mol. The summed E-state index contributed by atoms with van der Waals surface area (Å²) in [6, 6.07) is -0.130. The number of hydrogen-bond donors (Lipinski definition) is 1. The first kappa shape index (κ1) is 21.0. The minimum Gasteiger partial charge on any atom is -0.381 e. The van der Waals surface area contributed by atoms with Crippen LogP contribution in [0.15, 0.2) is 0 Å². The van der Waals surface area contributed by atoms with Gasteiger partial charge in [0.2, 0.25) is 5.91 Å². The van der Waals surface area contributed by atoms with Crippen molar-refractivity contribution in [2.75, 3.05) is 44.7 Å². The van der Waals surface area contributed by atoms with Gasteiger partial charge in [-0.2, -0.15) is 0 Å². The van der Waals surface area contributed by atoms with Crippen LogP contribution in [0.3, 0.4) is 0 Å². The Balaban J connectivity index is 1.56. The van der Waals surface area contributed by atoms with Gasteiger partial charge in [-0.3, -0.25) is 10.1 Å². The van der Waals surface area contributed by atoms with E-state index in [0.717, 1.165) is 25.0 Å². The molecule has 0 radical (unpaired) electrons. The number of anilines is 1. The minimum absolute atomic E-state index is 0.0123. The van der Waals surface area contributed by atoms with Crippen molar-refractivity contribution >= 4 is 28.4 Å². The van der Waals surface area contributed by atoms with Crippen molar-refractivity contribution in [1.29, 1.82) is 0 Å². The first-order valence-electron chi connectivity index (χ1n) is 10.2. The molecule has 2 aliphatic heterocycles. The molecule has 2 saturated heterocycles. The quantitative estimate of drug-likeness (QED) is 0.815. The normalized spacial score (nSPS) is 19.4. The number of ether oxygens (including phenoxy) is 1. The van der Waals surface area contributed by atoms with Gasteiger partial charge in [-0.05, 0) is 31.6 Å². The molecule has 3 rings (SSSR count). The molecule has 1 aromatic heterocycles. The van der Waals surface area contributed by atoms with E-state index >= 15 is 0 Å². The van der Waals surface area contributed by atoms with Crippen LogP contribution < -0.4 is 5.32 Å². The van der Waals surface area contributed by atoms with Crippen molar-refractivity contribution in [2.45, 2.75) is 52.4 Å². The van der Waals surface area contributed by atoms with E-state index in [1.807, 2.05) is 11.8 Å². The molecule has 0 spiro atoms. The summed E-state index contributed by atoms with van der Waals surface area (Å²) in [5.74, 6) is 0.291. The van der Waals surface area contributed by atoms with Crippen molar-refractivity contribution in [2.24, 2.45) is 5.92 Å². The van der Waals surface area contributed by atoms with E-state index in [0.29, 0.717) is 44.5 Å². The summed E-state index contributed by atoms with van der Waals surface area (Å²) >= 11 is 1.54. The molecular weight excluding hydrogens is 376 g/mol. The van der Waals surface area contributed by atoms with E-state index in [1.54, 1.807) is 16.2 Å². The number of aryl methyl sites for hydroxylation is 1. The zero-order valence-corrected chi connectivity index (χ0v) is 18.2. The van der Waals surface area contributed by atoms with Crippen LogP contribution >= 0.6 is 11.3 Å². The zero-order chi connectivity index (χ0) is 20.3. The van der Waals surface area contributed by atoms with Gasteiger partial charge in [0.05, 0.1) is 5.69 Å². The van der Waals surface area contributed by atoms with E-state index in [4.69, 9.17) is 4.74 Å². The van der Waals surface area contributed by atoms with Gasteiger partial charge in [0.15, 0.2) is 5.13 Å². The SMILES string of the molecule is Cc1nc(NC(=O)N2CCCN(C(=O)C3CCOCC3)CC2)sc1C(C)(C)C. The highest BCUT2D eigenvalue weighted by molar-refractivity contribution is 7.16. The number of nitrogens with zero attached hydrogens (tertiary/aromatic N) is 3. The molecule has 3 amide bonds. The number of thiazole rings is 1. The van der Waals surface area contributed by atoms with Crippen LogP contribution in [0.1, 0.15) is 50.6 Å². The van der Waals surface area contributed by atoms with Crippen LogP contribution in [0.25, 0.3) is 0 Å². The lowest BCUT2D eigenvalue weighted by molar-refractivity contribution is -0.138. The van der Waals surface area contributed by atoms with E-state index in [9.17, 15) is 9.59 Å². The van der Waals surface area contributed by atoms with E-state index in [2.05, 4.69) is 31.1 Å². The molecule has 2 fully saturated rings. The highest BCUT2D eigenvalue weighted by Gasteiger charge is 2.29. The van der Waals surface area contributed by atoms with Crippen LogP contribution in [0.4, 0.5) is 9.93 Å². The summed E-state index contributed by atoms with van der Waals surface area (Å²) < 4.78 is 5.36. The standard InChI is InChI=1S/C20H32N4O3S/c1-14-16(20(2,3)4)28-18(21-14)22-19(26)24-9-5-8-23(10-11-24)17(25)15-6-12-27-13-7-15/h15H,5-13H2,1-4H3,(H,21,22,26). The molecule has 28 heavy (non-hydrogen) atoms. The second-order valence-corrected chi connectivity index (χ2v) is 9.67. The van der Waals surface area contributed by atoms with Gasteiger partial charge in [-0.25, -0.2) is 9.78 Å². The summed E-state index contributed by atoms with van der Waals surface area (Å²) in [4.78, 5) is 34.9. The Morgan fingerprint density at radius 2 is 1.75 bits per heavy atom. The van der Waals surface area contributed by atoms with Gasteiger partial charge >= 0.3 is 6.03 Å². The fourth-order valence-electron chi connectivity index (χ4n) is 3.86. The fourth-order valence-corrected chi connectivity index (χ4v) is 4.87. The highest BCUT2D eigenvalue weighted by Crippen LogP contribution is 2.33. The number of aromatic nitrogens is 1. The smallest absolute Gasteiger partial charge is 0.323 e. The number of carbonyl (C=O) groups excluding carboxylic acids is 2. The molecule has 1 aromatic rings. The number of carbonyl (C=O) groups is 2. The fraction of sp³-hybridized carbons (Fsp3) is 0.750. The second-order valence-electron chi connectivity index (χ2n) is 8.67. The molecular formula is C20H32N4O3S. The lowest BCUT2D eigenvalue weighted by Gasteiger charge is -2.28. The average Bonchev–Trinajstić information content (AvgIpc) is 2.88. The highest BCUT2D eigenvalue weighted by atomic mass is 32.1. The van der Waals surface area contributed by atoms with Crippen LogP contribution in [-0.2, 0) is 14.9 Å². The number of hydrogen-bond acceptors (Lipinski definition) is 5. The third-order valence-corrected chi connectivity index (χ3v) is 6.86. The maximum absolute atomic E-state index is 12.8. The number of nitrogens with one attached hydrogen (secondary N) is 1. The Bertz CT molecular complexity index is 707. The van der Waals surface area contributed by atoms with Gasteiger partial charge in [0.1, 0.15) is 0 Å². The van der Waals surface area contributed by atoms with Crippen LogP contribution in [0.2, 0.25) is 0 Å². The summed E-state index contributed by atoms with van der Waals surface area (Å²) in [6.45, 7) is 12.3. The maximum atomic E-state index is 12.8. The van der Waals surface area contributed by atoms with Crippen molar-refractivity contribution in [3.8, 4) is 0 Å². The van der Waals surface area contributed by atoms with E-state index < -0.39 is 0 Å². The van der Waals surface area contributed by atoms with Gasteiger partial charge in [-0.15, -0.1) is 11.3 Å². The van der Waals surface area contributed by atoms with Crippen LogP contribution in [0, 0.1) is 12.8 Å². The molecule has 0 saturated carbocycles. The number of urea groups is 1.